The van der Waals surface area contributed by atoms with Crippen LogP contribution >= 0.6 is 0 Å². The largest absolute Gasteiger partial charge is 0.508 e. The van der Waals surface area contributed by atoms with Crippen molar-refractivity contribution in [3.63, 3.8) is 0 Å². The summed E-state index contributed by atoms with van der Waals surface area (Å²) in [6, 6.07) is 11.6. The van der Waals surface area contributed by atoms with E-state index >= 15 is 0 Å². The number of aliphatic hydroxyl groups is 1. The molecule has 0 heterocycles. The van der Waals surface area contributed by atoms with E-state index in [9.17, 15) is 9.59 Å². The number of phenols is 1. The van der Waals surface area contributed by atoms with Gasteiger partial charge in [-0.3, -0.25) is 11.4 Å². The van der Waals surface area contributed by atoms with Crippen molar-refractivity contribution >= 4 is 11.9 Å². The van der Waals surface area contributed by atoms with Crippen LogP contribution in [0.1, 0.15) is 10.4 Å². The van der Waals surface area contributed by atoms with Gasteiger partial charge >= 0.3 is 5.97 Å². The van der Waals surface area contributed by atoms with Gasteiger partial charge in [0.15, 0.2) is 5.97 Å². The summed E-state index contributed by atoms with van der Waals surface area (Å²) in [6.07, 6.45) is 2.06. The number of aliphatic hydroxyl groups excluding tert-OH is 1. The number of aromatic hydroxyl groups is 1. The Hall–Kier alpha value is -2.02. The van der Waals surface area contributed by atoms with Gasteiger partial charge in [-0.1, -0.05) is 0 Å². The first-order chi connectivity index (χ1) is 11.1. The molecular weight excluding hydrogens is 389 g/mol. The Morgan fingerprint density at radius 2 is 1.38 bits per heavy atom. The van der Waals surface area contributed by atoms with E-state index in [1.165, 1.54) is 48.5 Å². The molecule has 0 aliphatic heterocycles. The average Bonchev–Trinajstić information content (AvgIpc) is 2.59. The minimum Gasteiger partial charge on any atom is -0.508 e. The number of esters is 2. The van der Waals surface area contributed by atoms with Crippen molar-refractivity contribution in [2.24, 2.45) is 0 Å². The molecular formula is C17H15O6Y-. The molecule has 123 valence electrons. The Morgan fingerprint density at radius 3 is 1.88 bits per heavy atom. The molecule has 7 heteroatoms. The maximum absolute atomic E-state index is 11.9. The minimum atomic E-state index is -0.700. The van der Waals surface area contributed by atoms with Crippen LogP contribution in [0.25, 0.3) is 0 Å². The van der Waals surface area contributed by atoms with Crippen molar-refractivity contribution in [2.75, 3.05) is 7.11 Å². The van der Waals surface area contributed by atoms with E-state index in [1.54, 1.807) is 0 Å². The van der Waals surface area contributed by atoms with E-state index in [0.717, 1.165) is 7.11 Å². The molecule has 6 nitrogen and oxygen atoms in total. The summed E-state index contributed by atoms with van der Waals surface area (Å²) in [7, 11) is 1.00. The van der Waals surface area contributed by atoms with Gasteiger partial charge in [0.05, 0.1) is 5.56 Å². The maximum Gasteiger partial charge on any atom is 0.343 e. The molecule has 2 aromatic carbocycles. The average molecular weight is 404 g/mol. The molecule has 0 fully saturated rings. The fraction of sp³-hybridized carbons (Fsp3) is 0.0588. The molecule has 0 saturated heterocycles. The number of benzene rings is 2. The number of carbonyl (C=O) groups excluding carboxylic acids is 2. The van der Waals surface area contributed by atoms with Crippen molar-refractivity contribution in [3.8, 4) is 17.2 Å². The summed E-state index contributed by atoms with van der Waals surface area (Å²) in [5.41, 5.74) is 0.297. The second kappa shape index (κ2) is 11.5. The van der Waals surface area contributed by atoms with E-state index in [-0.39, 0.29) is 44.2 Å². The van der Waals surface area contributed by atoms with Gasteiger partial charge in [-0.05, 0) is 48.5 Å². The Balaban J connectivity index is 0.00000170. The molecule has 0 aliphatic rings. The van der Waals surface area contributed by atoms with E-state index < -0.39 is 11.9 Å². The van der Waals surface area contributed by atoms with Gasteiger partial charge in [0.2, 0.25) is 0 Å². The summed E-state index contributed by atoms with van der Waals surface area (Å²) < 4.78 is 9.95. The van der Waals surface area contributed by atoms with Crippen LogP contribution in [0.15, 0.2) is 55.1 Å². The van der Waals surface area contributed by atoms with Gasteiger partial charge in [-0.25, -0.2) is 4.79 Å². The zero-order valence-electron chi connectivity index (χ0n) is 12.9. The smallest absolute Gasteiger partial charge is 0.343 e. The van der Waals surface area contributed by atoms with E-state index in [1.807, 2.05) is 0 Å². The SMILES string of the molecule is C=[C-]C(=O)Oc1ccc(C(=O)Oc2ccc(O)cc2)cc1.CO.[Y]. The number of rotatable bonds is 4. The van der Waals surface area contributed by atoms with Crippen LogP contribution in [0.3, 0.4) is 0 Å². The molecule has 0 aromatic heterocycles. The summed E-state index contributed by atoms with van der Waals surface area (Å²) in [5, 5.41) is 16.1. The first-order valence-corrected chi connectivity index (χ1v) is 6.39. The summed E-state index contributed by atoms with van der Waals surface area (Å²) in [6.45, 7) is 3.16. The Bertz CT molecular complexity index is 664. The first-order valence-electron chi connectivity index (χ1n) is 6.39. The van der Waals surface area contributed by atoms with Crippen LogP contribution in [-0.4, -0.2) is 29.3 Å². The van der Waals surface area contributed by atoms with Gasteiger partial charge < -0.3 is 25.8 Å². The number of carbonyl (C=O) groups is 2. The third-order valence-electron chi connectivity index (χ3n) is 2.49. The van der Waals surface area contributed by atoms with Gasteiger partial charge in [0.1, 0.15) is 17.2 Å². The molecule has 0 atom stereocenters. The van der Waals surface area contributed by atoms with Gasteiger partial charge in [-0.2, -0.15) is 0 Å². The molecule has 2 N–H and O–H groups in total. The molecule has 1 radical (unpaired) electrons. The molecule has 0 spiro atoms. The molecule has 0 unspecified atom stereocenters. The van der Waals surface area contributed by atoms with E-state index in [4.69, 9.17) is 19.7 Å². The zero-order valence-corrected chi connectivity index (χ0v) is 15.8. The third kappa shape index (κ3) is 7.04. The third-order valence-corrected chi connectivity index (χ3v) is 2.49. The molecule has 24 heavy (non-hydrogen) atoms. The Morgan fingerprint density at radius 1 is 0.917 bits per heavy atom. The molecule has 2 aromatic rings. The maximum atomic E-state index is 11.9. The quantitative estimate of drug-likeness (QED) is 0.351. The summed E-state index contributed by atoms with van der Waals surface area (Å²) in [5.74, 6) is -0.588. The van der Waals surface area contributed by atoms with Crippen LogP contribution in [0.4, 0.5) is 0 Å². The van der Waals surface area contributed by atoms with Gasteiger partial charge in [0, 0.05) is 39.8 Å². The van der Waals surface area contributed by atoms with Gasteiger partial charge in [-0.15, -0.1) is 0 Å². The zero-order chi connectivity index (χ0) is 17.2. The predicted molar refractivity (Wildman–Crippen MR) is 82.2 cm³/mol. The van der Waals surface area contributed by atoms with Crippen molar-refractivity contribution in [2.45, 2.75) is 0 Å². The van der Waals surface area contributed by atoms with E-state index in [0.29, 0.717) is 11.3 Å². The molecule has 0 saturated carbocycles. The molecule has 0 amide bonds. The molecule has 0 bridgehead atoms. The van der Waals surface area contributed by atoms with Crippen LogP contribution in [0.5, 0.6) is 17.2 Å². The number of phenolic OH excluding ortho intramolecular Hbond substituents is 1. The minimum absolute atomic E-state index is 0. The molecule has 0 aliphatic carbocycles. The van der Waals surface area contributed by atoms with Crippen molar-refractivity contribution in [1.29, 1.82) is 0 Å². The van der Waals surface area contributed by atoms with Crippen LogP contribution in [-0.2, 0) is 37.5 Å². The summed E-state index contributed by atoms with van der Waals surface area (Å²) in [4.78, 5) is 22.8. The fourth-order valence-corrected chi connectivity index (χ4v) is 1.48. The monoisotopic (exact) mass is 404 g/mol. The second-order valence-corrected chi connectivity index (χ2v) is 3.97. The second-order valence-electron chi connectivity index (χ2n) is 3.97. The van der Waals surface area contributed by atoms with Crippen LogP contribution in [0, 0.1) is 6.08 Å². The Labute approximate surface area is 164 Å². The predicted octanol–water partition coefficient (Wildman–Crippen LogP) is 2.11. The Kier molecular flexibility index (Phi) is 10.5. The van der Waals surface area contributed by atoms with Crippen molar-refractivity contribution in [1.82, 2.24) is 0 Å². The number of hydrogen-bond donors (Lipinski definition) is 2. The van der Waals surface area contributed by atoms with Crippen molar-refractivity contribution in [3.05, 3.63) is 66.7 Å². The normalized spacial score (nSPS) is 8.75. The van der Waals surface area contributed by atoms with Crippen molar-refractivity contribution < 1.29 is 62.0 Å². The van der Waals surface area contributed by atoms with E-state index in [2.05, 4.69) is 12.7 Å². The van der Waals surface area contributed by atoms with Crippen LogP contribution in [0.2, 0.25) is 0 Å². The van der Waals surface area contributed by atoms with Crippen LogP contribution < -0.4 is 9.47 Å². The number of ether oxygens (including phenoxy) is 2. The fourth-order valence-electron chi connectivity index (χ4n) is 1.48. The first kappa shape index (κ1) is 22.0. The topological polar surface area (TPSA) is 93.1 Å². The molecule has 2 rings (SSSR count). The standard InChI is InChI=1S/C16H11O5.CH4O.Y/c1-2-15(18)20-13-7-3-11(4-8-13)16(19)21-14-9-5-12(17)6-10-14;1-2;/h3-10,17H,1H2;2H,1H3;/q-1;;. The summed E-state index contributed by atoms with van der Waals surface area (Å²) >= 11 is 0. The van der Waals surface area contributed by atoms with Gasteiger partial charge in [0.25, 0.3) is 0 Å². The number of hydrogen-bond acceptors (Lipinski definition) is 6.